The number of hydrogen-bond acceptors (Lipinski definition) is 7. The van der Waals surface area contributed by atoms with Crippen molar-refractivity contribution in [3.8, 4) is 11.8 Å². The first kappa shape index (κ1) is 22.3. The zero-order chi connectivity index (χ0) is 22.2. The number of hydrogen-bond donors (Lipinski definition) is 1. The summed E-state index contributed by atoms with van der Waals surface area (Å²) in [6, 6.07) is 1.72. The van der Waals surface area contributed by atoms with Gasteiger partial charge in [-0.25, -0.2) is 4.79 Å². The number of halogens is 6. The Hall–Kier alpha value is -3.04. The Bertz CT molecular complexity index is 1030. The van der Waals surface area contributed by atoms with Crippen LogP contribution in [0, 0.1) is 0 Å². The Morgan fingerprint density at radius 2 is 1.76 bits per heavy atom. The van der Waals surface area contributed by atoms with Crippen LogP contribution in [0.5, 0.6) is 11.8 Å². The summed E-state index contributed by atoms with van der Waals surface area (Å²) < 4.78 is 109. The molecule has 16 heteroatoms. The molecule has 0 saturated carbocycles. The minimum absolute atomic E-state index is 0.357. The first-order valence-electron chi connectivity index (χ1n) is 7.13. The van der Waals surface area contributed by atoms with Crippen LogP contribution < -0.4 is 9.46 Å². The number of aromatic nitrogens is 3. The van der Waals surface area contributed by atoms with E-state index < -0.39 is 50.8 Å². The SMILES string of the molecule is COC(=O)c1cc(Oc2nnc(C(F)(F)F)n2C)ccc1NS(=O)(=O)C(F)(F)F. The summed E-state index contributed by atoms with van der Waals surface area (Å²) >= 11 is 0. The molecule has 29 heavy (non-hydrogen) atoms. The molecule has 0 bridgehead atoms. The summed E-state index contributed by atoms with van der Waals surface area (Å²) in [6.07, 6.45) is -4.83. The number of carbonyl (C=O) groups is 1. The predicted molar refractivity (Wildman–Crippen MR) is 82.5 cm³/mol. The normalized spacial score (nSPS) is 12.6. The van der Waals surface area contributed by atoms with Crippen LogP contribution in [0.1, 0.15) is 16.2 Å². The molecule has 1 aromatic carbocycles. The first-order chi connectivity index (χ1) is 13.2. The molecule has 1 heterocycles. The highest BCUT2D eigenvalue weighted by Crippen LogP contribution is 2.33. The van der Waals surface area contributed by atoms with Crippen molar-refractivity contribution in [3.63, 3.8) is 0 Å². The van der Waals surface area contributed by atoms with Crippen molar-refractivity contribution >= 4 is 21.7 Å². The molecule has 0 aliphatic rings. The van der Waals surface area contributed by atoms with Crippen LogP contribution in [0.3, 0.4) is 0 Å². The third-order valence-electron chi connectivity index (χ3n) is 3.24. The summed E-state index contributed by atoms with van der Waals surface area (Å²) in [5.74, 6) is -3.00. The van der Waals surface area contributed by atoms with E-state index in [4.69, 9.17) is 4.74 Å². The van der Waals surface area contributed by atoms with Crippen LogP contribution >= 0.6 is 0 Å². The van der Waals surface area contributed by atoms with Gasteiger partial charge in [0.25, 0.3) is 0 Å². The molecule has 0 atom stereocenters. The van der Waals surface area contributed by atoms with E-state index in [1.165, 1.54) is 4.72 Å². The van der Waals surface area contributed by atoms with Crippen molar-refractivity contribution in [2.24, 2.45) is 7.05 Å². The van der Waals surface area contributed by atoms with Crippen LogP contribution in [0.15, 0.2) is 18.2 Å². The lowest BCUT2D eigenvalue weighted by Crippen LogP contribution is -2.30. The van der Waals surface area contributed by atoms with E-state index in [1.54, 1.807) is 0 Å². The molecule has 9 nitrogen and oxygen atoms in total. The second kappa shape index (κ2) is 7.41. The molecule has 2 rings (SSSR count). The minimum Gasteiger partial charge on any atom is -0.465 e. The number of carbonyl (C=O) groups excluding carboxylic acids is 1. The van der Waals surface area contributed by atoms with Crippen LogP contribution in [-0.4, -0.2) is 41.8 Å². The van der Waals surface area contributed by atoms with Gasteiger partial charge in [-0.1, -0.05) is 5.10 Å². The lowest BCUT2D eigenvalue weighted by atomic mass is 10.2. The van der Waals surface area contributed by atoms with Crippen LogP contribution in [0.2, 0.25) is 0 Å². The lowest BCUT2D eigenvalue weighted by molar-refractivity contribution is -0.147. The average molecular weight is 448 g/mol. The topological polar surface area (TPSA) is 112 Å². The molecule has 0 saturated heterocycles. The Kier molecular flexibility index (Phi) is 5.69. The van der Waals surface area contributed by atoms with Crippen molar-refractivity contribution < 1.29 is 49.0 Å². The summed E-state index contributed by atoms with van der Waals surface area (Å²) in [6.45, 7) is 0. The van der Waals surface area contributed by atoms with Gasteiger partial charge in [-0.3, -0.25) is 9.29 Å². The fourth-order valence-electron chi connectivity index (χ4n) is 1.91. The number of alkyl halides is 6. The lowest BCUT2D eigenvalue weighted by Gasteiger charge is -2.14. The van der Waals surface area contributed by atoms with Crippen LogP contribution in [-0.2, 0) is 28.0 Å². The van der Waals surface area contributed by atoms with E-state index in [9.17, 15) is 39.6 Å². The number of nitrogens with zero attached hydrogens (tertiary/aromatic N) is 3. The highest BCUT2D eigenvalue weighted by atomic mass is 32.2. The van der Waals surface area contributed by atoms with Gasteiger partial charge in [-0.05, 0) is 18.2 Å². The summed E-state index contributed by atoms with van der Waals surface area (Å²) in [4.78, 5) is 11.8. The minimum atomic E-state index is -5.86. The number of anilines is 1. The molecule has 2 aromatic rings. The molecule has 160 valence electrons. The number of nitrogens with one attached hydrogen (secondary N) is 1. The third kappa shape index (κ3) is 4.69. The number of esters is 1. The zero-order valence-corrected chi connectivity index (χ0v) is 15.1. The van der Waals surface area contributed by atoms with Gasteiger partial charge in [-0.15, -0.1) is 5.10 Å². The number of ether oxygens (including phenoxy) is 2. The van der Waals surface area contributed by atoms with Gasteiger partial charge in [-0.2, -0.15) is 34.8 Å². The maximum atomic E-state index is 12.7. The maximum Gasteiger partial charge on any atom is 0.516 e. The highest BCUT2D eigenvalue weighted by Gasteiger charge is 2.46. The van der Waals surface area contributed by atoms with Crippen molar-refractivity contribution in [3.05, 3.63) is 29.6 Å². The van der Waals surface area contributed by atoms with Gasteiger partial charge in [0.1, 0.15) is 5.75 Å². The van der Waals surface area contributed by atoms with Gasteiger partial charge in [0, 0.05) is 7.05 Å². The molecule has 0 unspecified atom stereocenters. The largest absolute Gasteiger partial charge is 0.516 e. The Labute approximate surface area is 158 Å². The van der Waals surface area contributed by atoms with E-state index in [0.29, 0.717) is 4.57 Å². The van der Waals surface area contributed by atoms with Crippen LogP contribution in [0.25, 0.3) is 0 Å². The van der Waals surface area contributed by atoms with E-state index in [2.05, 4.69) is 14.9 Å². The molecule has 0 radical (unpaired) electrons. The van der Waals surface area contributed by atoms with Crippen molar-refractivity contribution in [2.75, 3.05) is 11.8 Å². The van der Waals surface area contributed by atoms with Gasteiger partial charge in [0.05, 0.1) is 18.4 Å². The van der Waals surface area contributed by atoms with Gasteiger partial charge < -0.3 is 9.47 Å². The highest BCUT2D eigenvalue weighted by molar-refractivity contribution is 7.93. The molecule has 1 N–H and O–H groups in total. The van der Waals surface area contributed by atoms with Crippen molar-refractivity contribution in [1.29, 1.82) is 0 Å². The number of benzene rings is 1. The molecular formula is C13H10F6N4O5S. The zero-order valence-electron chi connectivity index (χ0n) is 14.3. The quantitative estimate of drug-likeness (QED) is 0.553. The Morgan fingerprint density at radius 1 is 1.14 bits per heavy atom. The van der Waals surface area contributed by atoms with E-state index in [-0.39, 0.29) is 5.75 Å². The van der Waals surface area contributed by atoms with Crippen LogP contribution in [0.4, 0.5) is 32.0 Å². The monoisotopic (exact) mass is 448 g/mol. The standard InChI is InChI=1S/C13H10F6N4O5S/c1-23-10(12(14,15)16)20-21-11(23)28-6-3-4-8(7(5-6)9(24)27-2)22-29(25,26)13(17,18)19/h3-5,22H,1-2H3. The summed E-state index contributed by atoms with van der Waals surface area (Å²) in [5.41, 5.74) is -7.16. The number of methoxy groups -OCH3 is 1. The maximum absolute atomic E-state index is 12.7. The summed E-state index contributed by atoms with van der Waals surface area (Å²) in [5, 5.41) is 6.09. The van der Waals surface area contributed by atoms with Gasteiger partial charge >= 0.3 is 33.7 Å². The Morgan fingerprint density at radius 3 is 2.24 bits per heavy atom. The van der Waals surface area contributed by atoms with Gasteiger partial charge in [0.2, 0.25) is 5.82 Å². The second-order valence-corrected chi connectivity index (χ2v) is 6.89. The smallest absolute Gasteiger partial charge is 0.465 e. The Balaban J connectivity index is 2.43. The molecule has 0 aliphatic heterocycles. The molecule has 0 fully saturated rings. The molecule has 0 amide bonds. The van der Waals surface area contributed by atoms with Crippen molar-refractivity contribution in [2.45, 2.75) is 11.7 Å². The van der Waals surface area contributed by atoms with E-state index >= 15 is 0 Å². The van der Waals surface area contributed by atoms with E-state index in [1.807, 2.05) is 0 Å². The molecule has 0 spiro atoms. The van der Waals surface area contributed by atoms with Gasteiger partial charge in [0.15, 0.2) is 0 Å². The first-order valence-corrected chi connectivity index (χ1v) is 8.61. The number of rotatable bonds is 5. The van der Waals surface area contributed by atoms with Crippen molar-refractivity contribution in [1.82, 2.24) is 14.8 Å². The molecule has 1 aromatic heterocycles. The predicted octanol–water partition coefficient (Wildman–Crippen LogP) is 2.67. The second-order valence-electron chi connectivity index (χ2n) is 5.22. The summed E-state index contributed by atoms with van der Waals surface area (Å²) in [7, 11) is -4.05. The molecular weight excluding hydrogens is 438 g/mol. The number of sulfonamides is 1. The van der Waals surface area contributed by atoms with E-state index in [0.717, 1.165) is 32.4 Å². The third-order valence-corrected chi connectivity index (χ3v) is 4.34. The average Bonchev–Trinajstić information content (AvgIpc) is 2.95. The fraction of sp³-hybridized carbons (Fsp3) is 0.308. The fourth-order valence-corrected chi connectivity index (χ4v) is 2.50. The molecule has 0 aliphatic carbocycles.